The van der Waals surface area contributed by atoms with Crippen molar-refractivity contribution in [1.82, 2.24) is 15.0 Å². The third kappa shape index (κ3) is 6.00. The lowest BCUT2D eigenvalue weighted by Gasteiger charge is -2.33. The molecule has 0 radical (unpaired) electrons. The quantitative estimate of drug-likeness (QED) is 0.693. The molecule has 1 saturated heterocycles. The van der Waals surface area contributed by atoms with Gasteiger partial charge >= 0.3 is 6.09 Å². The van der Waals surface area contributed by atoms with Gasteiger partial charge in [0.1, 0.15) is 16.4 Å². The molecule has 1 amide bonds. The Morgan fingerprint density at radius 2 is 2.00 bits per heavy atom. The summed E-state index contributed by atoms with van der Waals surface area (Å²) in [5.74, 6) is 0.659. The maximum absolute atomic E-state index is 12.1. The summed E-state index contributed by atoms with van der Waals surface area (Å²) in [7, 11) is -3.26. The lowest BCUT2D eigenvalue weighted by molar-refractivity contribution is -0.0190. The molecule has 11 heteroatoms. The minimum absolute atomic E-state index is 0.00536. The van der Waals surface area contributed by atoms with Gasteiger partial charge in [0.15, 0.2) is 15.7 Å². The molecule has 0 N–H and O–H groups in total. The van der Waals surface area contributed by atoms with Gasteiger partial charge in [-0.05, 0) is 45.7 Å². The van der Waals surface area contributed by atoms with Gasteiger partial charge in [0.2, 0.25) is 0 Å². The van der Waals surface area contributed by atoms with Crippen molar-refractivity contribution in [3.05, 3.63) is 18.0 Å². The highest BCUT2D eigenvalue weighted by molar-refractivity contribution is 7.92. The van der Waals surface area contributed by atoms with Gasteiger partial charge in [-0.2, -0.15) is 4.98 Å². The van der Waals surface area contributed by atoms with E-state index in [4.69, 9.17) is 14.0 Å². The molecule has 1 aliphatic heterocycles. The highest BCUT2D eigenvalue weighted by Gasteiger charge is 2.27. The number of thiophene rings is 1. The van der Waals surface area contributed by atoms with E-state index in [-0.39, 0.29) is 28.9 Å². The molecule has 1 aliphatic rings. The zero-order valence-electron chi connectivity index (χ0n) is 16.9. The summed E-state index contributed by atoms with van der Waals surface area (Å²) in [5, 5.41) is 3.89. The zero-order valence-corrected chi connectivity index (χ0v) is 18.5. The Balaban J connectivity index is 1.48. The molecule has 0 bridgehead atoms. The second-order valence-electron chi connectivity index (χ2n) is 7.88. The number of rotatable bonds is 5. The van der Waals surface area contributed by atoms with E-state index in [1.165, 1.54) is 6.07 Å². The van der Waals surface area contributed by atoms with Crippen LogP contribution in [0.1, 0.15) is 39.4 Å². The van der Waals surface area contributed by atoms with E-state index in [1.807, 2.05) is 20.8 Å². The van der Waals surface area contributed by atoms with Crippen LogP contribution in [-0.4, -0.2) is 60.6 Å². The van der Waals surface area contributed by atoms with Crippen molar-refractivity contribution < 1.29 is 27.2 Å². The average Bonchev–Trinajstić information content (AvgIpc) is 3.28. The number of piperidine rings is 1. The molecule has 0 unspecified atom stereocenters. The van der Waals surface area contributed by atoms with Crippen molar-refractivity contribution >= 4 is 27.3 Å². The summed E-state index contributed by atoms with van der Waals surface area (Å²) in [6, 6.07) is 3.17. The van der Waals surface area contributed by atoms with Crippen LogP contribution in [0.25, 0.3) is 10.8 Å². The van der Waals surface area contributed by atoms with Crippen molar-refractivity contribution in [2.45, 2.75) is 56.1 Å². The first-order chi connectivity index (χ1) is 13.5. The molecule has 160 valence electrons. The van der Waals surface area contributed by atoms with Crippen molar-refractivity contribution in [1.29, 1.82) is 0 Å². The topological polar surface area (TPSA) is 112 Å². The smallest absolute Gasteiger partial charge is 0.410 e. The van der Waals surface area contributed by atoms with E-state index in [0.29, 0.717) is 36.6 Å². The van der Waals surface area contributed by atoms with Crippen LogP contribution in [0.15, 0.2) is 20.9 Å². The molecular formula is C18H25N3O6S2. The number of aromatic nitrogens is 2. The van der Waals surface area contributed by atoms with E-state index in [2.05, 4.69) is 10.1 Å². The fourth-order valence-electron chi connectivity index (χ4n) is 2.77. The minimum atomic E-state index is -3.26. The van der Waals surface area contributed by atoms with Crippen LogP contribution in [0.2, 0.25) is 0 Å². The number of amides is 1. The molecule has 9 nitrogen and oxygen atoms in total. The third-order valence-electron chi connectivity index (χ3n) is 4.17. The first-order valence-electron chi connectivity index (χ1n) is 9.24. The van der Waals surface area contributed by atoms with Crippen LogP contribution in [-0.2, 0) is 25.9 Å². The summed E-state index contributed by atoms with van der Waals surface area (Å²) < 4.78 is 39.9. The molecule has 0 aromatic carbocycles. The summed E-state index contributed by atoms with van der Waals surface area (Å²) in [6.45, 7) is 6.86. The highest BCUT2D eigenvalue weighted by Crippen LogP contribution is 2.29. The van der Waals surface area contributed by atoms with Gasteiger partial charge in [-0.1, -0.05) is 5.16 Å². The maximum atomic E-state index is 12.1. The molecule has 0 atom stereocenters. The van der Waals surface area contributed by atoms with E-state index in [1.54, 1.807) is 11.0 Å². The Hall–Kier alpha value is -1.98. The fourth-order valence-corrected chi connectivity index (χ4v) is 4.62. The van der Waals surface area contributed by atoms with Gasteiger partial charge in [-0.3, -0.25) is 0 Å². The summed E-state index contributed by atoms with van der Waals surface area (Å²) in [6.07, 6.45) is 2.25. The maximum Gasteiger partial charge on any atom is 0.410 e. The number of sulfone groups is 1. The first kappa shape index (κ1) is 21.7. The average molecular weight is 444 g/mol. The van der Waals surface area contributed by atoms with Gasteiger partial charge in [0.05, 0.1) is 11.0 Å². The molecule has 29 heavy (non-hydrogen) atoms. The largest absolute Gasteiger partial charge is 0.444 e. The standard InChI is InChI=1S/C18H25N3O6S2/c1-18(2,3)26-17(22)21-9-7-12(8-10-21)25-11-14-19-16(27-20-14)13-5-6-15(28-13)29(4,23)24/h5-6,12H,7-11H2,1-4H3. The van der Waals surface area contributed by atoms with Crippen LogP contribution in [0.4, 0.5) is 4.79 Å². The molecule has 0 spiro atoms. The number of ether oxygens (including phenoxy) is 2. The minimum Gasteiger partial charge on any atom is -0.444 e. The van der Waals surface area contributed by atoms with Gasteiger partial charge in [-0.25, -0.2) is 13.2 Å². The normalized spacial score (nSPS) is 16.2. The molecule has 3 heterocycles. The zero-order chi connectivity index (χ0) is 21.2. The summed E-state index contributed by atoms with van der Waals surface area (Å²) >= 11 is 1.08. The van der Waals surface area contributed by atoms with Crippen molar-refractivity contribution in [3.8, 4) is 10.8 Å². The number of nitrogens with zero attached hydrogens (tertiary/aromatic N) is 3. The molecule has 2 aromatic heterocycles. The van der Waals surface area contributed by atoms with Gasteiger partial charge < -0.3 is 18.9 Å². The van der Waals surface area contributed by atoms with Crippen LogP contribution in [0, 0.1) is 0 Å². The van der Waals surface area contributed by atoms with Gasteiger partial charge in [-0.15, -0.1) is 11.3 Å². The van der Waals surface area contributed by atoms with Gasteiger partial charge in [0, 0.05) is 19.3 Å². The van der Waals surface area contributed by atoms with Crippen molar-refractivity contribution in [3.63, 3.8) is 0 Å². The number of carbonyl (C=O) groups is 1. The van der Waals surface area contributed by atoms with Crippen LogP contribution < -0.4 is 0 Å². The molecule has 0 aliphatic carbocycles. The fraction of sp³-hybridized carbons (Fsp3) is 0.611. The van der Waals surface area contributed by atoms with Crippen molar-refractivity contribution in [2.24, 2.45) is 0 Å². The number of hydrogen-bond donors (Lipinski definition) is 0. The second-order valence-corrected chi connectivity index (χ2v) is 11.2. The predicted molar refractivity (Wildman–Crippen MR) is 106 cm³/mol. The Morgan fingerprint density at radius 3 is 2.59 bits per heavy atom. The van der Waals surface area contributed by atoms with E-state index >= 15 is 0 Å². The Kier molecular flexibility index (Phi) is 6.30. The number of carbonyl (C=O) groups excluding carboxylic acids is 1. The Labute approximate surface area is 173 Å². The monoisotopic (exact) mass is 443 g/mol. The summed E-state index contributed by atoms with van der Waals surface area (Å²) in [5.41, 5.74) is -0.509. The van der Waals surface area contributed by atoms with Crippen LogP contribution >= 0.6 is 11.3 Å². The lowest BCUT2D eigenvalue weighted by Crippen LogP contribution is -2.43. The van der Waals surface area contributed by atoms with Crippen LogP contribution in [0.3, 0.4) is 0 Å². The predicted octanol–water partition coefficient (Wildman–Crippen LogP) is 3.12. The molecule has 3 rings (SSSR count). The second kappa shape index (κ2) is 8.41. The highest BCUT2D eigenvalue weighted by atomic mass is 32.2. The molecule has 0 saturated carbocycles. The molecule has 2 aromatic rings. The first-order valence-corrected chi connectivity index (χ1v) is 11.9. The SMILES string of the molecule is CC(C)(C)OC(=O)N1CCC(OCc2noc(-c3ccc(S(C)(=O)=O)s3)n2)CC1. The molecule has 1 fully saturated rings. The number of hydrogen-bond acceptors (Lipinski definition) is 9. The number of likely N-dealkylation sites (tertiary alicyclic amines) is 1. The Morgan fingerprint density at radius 1 is 1.31 bits per heavy atom. The van der Waals surface area contributed by atoms with E-state index in [0.717, 1.165) is 17.6 Å². The van der Waals surface area contributed by atoms with E-state index < -0.39 is 15.4 Å². The van der Waals surface area contributed by atoms with Crippen molar-refractivity contribution in [2.75, 3.05) is 19.3 Å². The lowest BCUT2D eigenvalue weighted by atomic mass is 10.1. The summed E-state index contributed by atoms with van der Waals surface area (Å²) in [4.78, 5) is 18.6. The van der Waals surface area contributed by atoms with Crippen LogP contribution in [0.5, 0.6) is 0 Å². The van der Waals surface area contributed by atoms with E-state index in [9.17, 15) is 13.2 Å². The van der Waals surface area contributed by atoms with Gasteiger partial charge in [0.25, 0.3) is 5.89 Å². The molecular weight excluding hydrogens is 418 g/mol. The third-order valence-corrected chi connectivity index (χ3v) is 7.06. The Bertz CT molecular complexity index is 952.